The number of piperidine rings is 1. The average Bonchev–Trinajstić information content (AvgIpc) is 2.74. The van der Waals surface area contributed by atoms with Gasteiger partial charge in [0.15, 0.2) is 0 Å². The van der Waals surface area contributed by atoms with Crippen LogP contribution < -0.4 is 4.90 Å². The molecule has 2 aromatic carbocycles. The largest absolute Gasteiger partial charge is 0.369 e. The molecule has 0 saturated carbocycles. The molecule has 4 rings (SSSR count). The number of benzene rings is 2. The molecule has 2 aliphatic rings. The first-order valence-electron chi connectivity index (χ1n) is 10.2. The number of anilines is 1. The molecule has 2 saturated heterocycles. The fourth-order valence-electron chi connectivity index (χ4n) is 4.40. The third-order valence-electron chi connectivity index (χ3n) is 5.97. The van der Waals surface area contributed by atoms with Crippen LogP contribution in [0.25, 0.3) is 0 Å². The number of likely N-dealkylation sites (tertiary alicyclic amines) is 1. The molecular formula is C23H28FN3O. The van der Waals surface area contributed by atoms with Gasteiger partial charge in [-0.1, -0.05) is 17.7 Å². The highest BCUT2D eigenvalue weighted by molar-refractivity contribution is 5.94. The molecule has 5 heteroatoms. The Kier molecular flexibility index (Phi) is 5.62. The molecule has 2 fully saturated rings. The van der Waals surface area contributed by atoms with Gasteiger partial charge in [0.1, 0.15) is 5.82 Å². The quantitative estimate of drug-likeness (QED) is 0.813. The fourth-order valence-corrected chi connectivity index (χ4v) is 4.40. The number of nitrogens with zero attached hydrogens (tertiary/aromatic N) is 3. The zero-order valence-electron chi connectivity index (χ0n) is 16.5. The number of halogens is 1. The molecule has 28 heavy (non-hydrogen) atoms. The molecular weight excluding hydrogens is 353 g/mol. The minimum Gasteiger partial charge on any atom is -0.369 e. The van der Waals surface area contributed by atoms with E-state index < -0.39 is 0 Å². The third-order valence-corrected chi connectivity index (χ3v) is 5.97. The lowest BCUT2D eigenvalue weighted by atomic mass is 10.0. The van der Waals surface area contributed by atoms with E-state index in [-0.39, 0.29) is 11.7 Å². The fraction of sp³-hybridized carbons (Fsp3) is 0.435. The molecule has 0 aromatic heterocycles. The molecule has 0 unspecified atom stereocenters. The lowest BCUT2D eigenvalue weighted by Crippen LogP contribution is -2.55. The summed E-state index contributed by atoms with van der Waals surface area (Å²) in [5.74, 6) is -0.0405. The molecule has 1 amide bonds. The Bertz CT molecular complexity index is 815. The van der Waals surface area contributed by atoms with Crippen LogP contribution in [0.4, 0.5) is 10.1 Å². The zero-order valence-corrected chi connectivity index (χ0v) is 16.5. The van der Waals surface area contributed by atoms with Crippen molar-refractivity contribution in [3.63, 3.8) is 0 Å². The van der Waals surface area contributed by atoms with E-state index in [0.29, 0.717) is 6.04 Å². The second-order valence-electron chi connectivity index (χ2n) is 7.92. The monoisotopic (exact) mass is 381 g/mol. The highest BCUT2D eigenvalue weighted by atomic mass is 19.1. The summed E-state index contributed by atoms with van der Waals surface area (Å²) in [5, 5.41) is 0. The van der Waals surface area contributed by atoms with Crippen molar-refractivity contribution in [1.82, 2.24) is 9.80 Å². The number of carbonyl (C=O) groups is 1. The minimum absolute atomic E-state index is 0.151. The van der Waals surface area contributed by atoms with Gasteiger partial charge in [-0.2, -0.15) is 0 Å². The highest BCUT2D eigenvalue weighted by Gasteiger charge is 2.30. The summed E-state index contributed by atoms with van der Waals surface area (Å²) in [5.41, 5.74) is 3.00. The van der Waals surface area contributed by atoms with Gasteiger partial charge in [-0.25, -0.2) is 4.39 Å². The van der Waals surface area contributed by atoms with E-state index in [1.165, 1.54) is 12.1 Å². The normalized spacial score (nSPS) is 21.0. The maximum absolute atomic E-state index is 13.1. The van der Waals surface area contributed by atoms with Crippen LogP contribution in [0.1, 0.15) is 28.8 Å². The SMILES string of the molecule is Cc1cccc(C(=O)N2CCC[C@H](N3CCN(c4ccc(F)cc4)CC3)C2)c1. The van der Waals surface area contributed by atoms with Crippen LogP contribution in [0.15, 0.2) is 48.5 Å². The molecule has 0 spiro atoms. The van der Waals surface area contributed by atoms with E-state index in [9.17, 15) is 9.18 Å². The van der Waals surface area contributed by atoms with Crippen LogP contribution >= 0.6 is 0 Å². The summed E-state index contributed by atoms with van der Waals surface area (Å²) in [7, 11) is 0. The van der Waals surface area contributed by atoms with Gasteiger partial charge in [0, 0.05) is 56.6 Å². The Balaban J connectivity index is 1.35. The molecule has 1 atom stereocenters. The summed E-state index contributed by atoms with van der Waals surface area (Å²) in [4.78, 5) is 19.8. The summed E-state index contributed by atoms with van der Waals surface area (Å²) in [6.45, 7) is 7.52. The predicted octanol–water partition coefficient (Wildman–Crippen LogP) is 3.56. The van der Waals surface area contributed by atoms with E-state index in [4.69, 9.17) is 0 Å². The summed E-state index contributed by atoms with van der Waals surface area (Å²) < 4.78 is 13.1. The number of rotatable bonds is 3. The zero-order chi connectivity index (χ0) is 19.5. The Morgan fingerprint density at radius 1 is 1.00 bits per heavy atom. The number of aryl methyl sites for hydroxylation is 1. The van der Waals surface area contributed by atoms with E-state index in [0.717, 1.165) is 68.9 Å². The first-order valence-corrected chi connectivity index (χ1v) is 10.2. The van der Waals surface area contributed by atoms with Crippen LogP contribution in [0, 0.1) is 12.7 Å². The molecule has 0 N–H and O–H groups in total. The van der Waals surface area contributed by atoms with Crippen LogP contribution in [0.3, 0.4) is 0 Å². The second kappa shape index (κ2) is 8.31. The first-order chi connectivity index (χ1) is 13.6. The van der Waals surface area contributed by atoms with E-state index in [1.54, 1.807) is 0 Å². The van der Waals surface area contributed by atoms with E-state index >= 15 is 0 Å². The van der Waals surface area contributed by atoms with Crippen molar-refractivity contribution >= 4 is 11.6 Å². The standard InChI is InChI=1S/C23H28FN3O/c1-18-4-2-5-19(16-18)23(28)27-11-3-6-22(17-27)26-14-12-25(13-15-26)21-9-7-20(24)8-10-21/h2,4-5,7-10,16,22H,3,6,11-15,17H2,1H3/t22-/m0/s1. The van der Waals surface area contributed by atoms with Crippen molar-refractivity contribution in [2.45, 2.75) is 25.8 Å². The van der Waals surface area contributed by atoms with Crippen LogP contribution in [-0.4, -0.2) is 61.0 Å². The van der Waals surface area contributed by atoms with Crippen molar-refractivity contribution in [1.29, 1.82) is 0 Å². The number of hydrogen-bond donors (Lipinski definition) is 0. The molecule has 0 bridgehead atoms. The molecule has 2 aromatic rings. The highest BCUT2D eigenvalue weighted by Crippen LogP contribution is 2.22. The second-order valence-corrected chi connectivity index (χ2v) is 7.92. The van der Waals surface area contributed by atoms with Gasteiger partial charge in [0.05, 0.1) is 0 Å². The number of piperazine rings is 1. The summed E-state index contributed by atoms with van der Waals surface area (Å²) in [6, 6.07) is 15.1. The Labute approximate surface area is 166 Å². The van der Waals surface area contributed by atoms with Gasteiger partial charge < -0.3 is 9.80 Å². The molecule has 2 heterocycles. The molecule has 4 nitrogen and oxygen atoms in total. The minimum atomic E-state index is -0.192. The molecule has 2 aliphatic heterocycles. The van der Waals surface area contributed by atoms with Crippen LogP contribution in [0.5, 0.6) is 0 Å². The van der Waals surface area contributed by atoms with Gasteiger partial charge in [-0.3, -0.25) is 9.69 Å². The number of amides is 1. The Morgan fingerprint density at radius 3 is 2.46 bits per heavy atom. The predicted molar refractivity (Wildman–Crippen MR) is 110 cm³/mol. The lowest BCUT2D eigenvalue weighted by Gasteiger charge is -2.44. The number of carbonyl (C=O) groups excluding carboxylic acids is 1. The van der Waals surface area contributed by atoms with Crippen molar-refractivity contribution < 1.29 is 9.18 Å². The van der Waals surface area contributed by atoms with Crippen molar-refractivity contribution in [3.8, 4) is 0 Å². The average molecular weight is 381 g/mol. The first kappa shape index (κ1) is 18.9. The van der Waals surface area contributed by atoms with E-state index in [1.807, 2.05) is 48.2 Å². The van der Waals surface area contributed by atoms with Gasteiger partial charge >= 0.3 is 0 Å². The summed E-state index contributed by atoms with van der Waals surface area (Å²) in [6.07, 6.45) is 2.20. The van der Waals surface area contributed by atoms with Gasteiger partial charge in [0.25, 0.3) is 5.91 Å². The molecule has 0 radical (unpaired) electrons. The number of hydrogen-bond acceptors (Lipinski definition) is 3. The molecule has 148 valence electrons. The van der Waals surface area contributed by atoms with Crippen LogP contribution in [0.2, 0.25) is 0 Å². The van der Waals surface area contributed by atoms with E-state index in [2.05, 4.69) is 9.80 Å². The van der Waals surface area contributed by atoms with Crippen molar-refractivity contribution in [2.24, 2.45) is 0 Å². The van der Waals surface area contributed by atoms with Gasteiger partial charge in [-0.05, 0) is 56.2 Å². The third kappa shape index (κ3) is 4.20. The van der Waals surface area contributed by atoms with Crippen molar-refractivity contribution in [3.05, 3.63) is 65.5 Å². The van der Waals surface area contributed by atoms with Gasteiger partial charge in [0.2, 0.25) is 0 Å². The molecule has 0 aliphatic carbocycles. The topological polar surface area (TPSA) is 26.8 Å². The lowest BCUT2D eigenvalue weighted by molar-refractivity contribution is 0.0563. The van der Waals surface area contributed by atoms with Crippen molar-refractivity contribution in [2.75, 3.05) is 44.2 Å². The smallest absolute Gasteiger partial charge is 0.253 e. The van der Waals surface area contributed by atoms with Crippen LogP contribution in [-0.2, 0) is 0 Å². The Hall–Kier alpha value is -2.40. The maximum atomic E-state index is 13.1. The van der Waals surface area contributed by atoms with Gasteiger partial charge in [-0.15, -0.1) is 0 Å². The maximum Gasteiger partial charge on any atom is 0.253 e. The Morgan fingerprint density at radius 2 is 1.75 bits per heavy atom. The summed E-state index contributed by atoms with van der Waals surface area (Å²) >= 11 is 0.